The zero-order valence-corrected chi connectivity index (χ0v) is 16.0. The highest BCUT2D eigenvalue weighted by Gasteiger charge is 2.67. The lowest BCUT2D eigenvalue weighted by atomic mass is 10.4. The topological polar surface area (TPSA) is 36.9 Å². The molecule has 0 aromatic carbocycles. The van der Waals surface area contributed by atoms with Crippen LogP contribution in [0, 0.1) is 0 Å². The van der Waals surface area contributed by atoms with Gasteiger partial charge in [-0.3, -0.25) is 0 Å². The predicted molar refractivity (Wildman–Crippen MR) is 72.2 cm³/mol. The van der Waals surface area contributed by atoms with Crippen LogP contribution in [0.5, 0.6) is 0 Å². The first-order valence-electron chi connectivity index (χ1n) is 7.29. The van der Waals surface area contributed by atoms with E-state index in [1.54, 1.807) is 0 Å². The molecule has 17 heteroatoms. The molecule has 4 unspecified atom stereocenters. The molecule has 0 aliphatic heterocycles. The summed E-state index contributed by atoms with van der Waals surface area (Å²) in [6, 6.07) is 0. The van der Waals surface area contributed by atoms with E-state index < -0.39 is 58.2 Å². The van der Waals surface area contributed by atoms with Crippen LogP contribution in [0.1, 0.15) is 27.7 Å². The summed E-state index contributed by atoms with van der Waals surface area (Å²) >= 11 is 0. The van der Waals surface area contributed by atoms with Crippen molar-refractivity contribution < 1.29 is 70.4 Å². The maximum atomic E-state index is 13.9. The molecule has 0 aliphatic carbocycles. The maximum absolute atomic E-state index is 13.9. The third kappa shape index (κ3) is 7.76. The third-order valence-electron chi connectivity index (χ3n) is 2.86. The van der Waals surface area contributed by atoms with Gasteiger partial charge < -0.3 is 17.7 Å². The standard InChI is InChI=1S/C12H16F12O4Si/c1-9(21,5(13)14)25-29(26-10(2,22)6(15)16,27-11(3,23)7(17)18)28-12(4,24)8(19)20/h5-8H,1-4H3. The van der Waals surface area contributed by atoms with E-state index in [0.29, 0.717) is 0 Å². The van der Waals surface area contributed by atoms with E-state index in [4.69, 9.17) is 0 Å². The van der Waals surface area contributed by atoms with Gasteiger partial charge in [0, 0.05) is 0 Å². The summed E-state index contributed by atoms with van der Waals surface area (Å²) in [6.45, 7) is -0.987. The lowest BCUT2D eigenvalue weighted by Gasteiger charge is -2.41. The number of hydrogen-bond acceptors (Lipinski definition) is 4. The average Bonchev–Trinajstić information content (AvgIpc) is 2.43. The minimum Gasteiger partial charge on any atom is -0.312 e. The molecule has 0 bridgehead atoms. The van der Waals surface area contributed by atoms with Gasteiger partial charge in [0.05, 0.1) is 0 Å². The molecule has 0 radical (unpaired) electrons. The molecular formula is C12H16F12O4Si. The van der Waals surface area contributed by atoms with Gasteiger partial charge in [-0.25, -0.2) is 52.7 Å². The minimum atomic E-state index is -7.01. The predicted octanol–water partition coefficient (Wildman–Crippen LogP) is 5.29. The summed E-state index contributed by atoms with van der Waals surface area (Å²) in [5.41, 5.74) is 0. The smallest absolute Gasteiger partial charge is 0.312 e. The molecule has 0 rings (SSSR count). The van der Waals surface area contributed by atoms with Gasteiger partial charge in [-0.05, 0) is 27.7 Å². The Morgan fingerprint density at radius 1 is 0.448 bits per heavy atom. The summed E-state index contributed by atoms with van der Waals surface area (Å²) < 4.78 is 172. The highest BCUT2D eigenvalue weighted by atomic mass is 28.4. The van der Waals surface area contributed by atoms with Crippen molar-refractivity contribution in [1.29, 1.82) is 0 Å². The monoisotopic (exact) mass is 480 g/mol. The normalized spacial score (nSPS) is 23.6. The lowest BCUT2D eigenvalue weighted by Crippen LogP contribution is -2.65. The van der Waals surface area contributed by atoms with Gasteiger partial charge in [-0.15, -0.1) is 0 Å². The Hall–Kier alpha value is -0.783. The van der Waals surface area contributed by atoms with E-state index in [0.717, 1.165) is 0 Å². The fraction of sp³-hybridized carbons (Fsp3) is 1.00. The van der Waals surface area contributed by atoms with Crippen molar-refractivity contribution in [1.82, 2.24) is 0 Å². The van der Waals surface area contributed by atoms with Crippen LogP contribution in [0.4, 0.5) is 52.7 Å². The molecule has 0 aromatic heterocycles. The molecule has 4 nitrogen and oxygen atoms in total. The van der Waals surface area contributed by atoms with Crippen molar-refractivity contribution in [3.05, 3.63) is 0 Å². The van der Waals surface area contributed by atoms with Gasteiger partial charge in [-0.2, -0.15) is 0 Å². The SMILES string of the molecule is CC(F)(O[Si](OC(C)(F)C(F)F)(OC(C)(F)C(F)F)OC(C)(F)C(F)F)C(F)F. The van der Waals surface area contributed by atoms with Crippen molar-refractivity contribution in [3.8, 4) is 0 Å². The molecule has 0 saturated heterocycles. The molecule has 0 aromatic rings. The Balaban J connectivity index is 6.59. The third-order valence-corrected chi connectivity index (χ3v) is 5.45. The average molecular weight is 480 g/mol. The van der Waals surface area contributed by atoms with Crippen LogP contribution in [-0.2, 0) is 17.7 Å². The number of alkyl halides is 12. The summed E-state index contributed by atoms with van der Waals surface area (Å²) in [7, 11) is -7.01. The fourth-order valence-corrected chi connectivity index (χ4v) is 3.84. The largest absolute Gasteiger partial charge is 0.689 e. The van der Waals surface area contributed by atoms with E-state index in [1.807, 2.05) is 0 Å². The van der Waals surface area contributed by atoms with Crippen LogP contribution in [0.15, 0.2) is 0 Å². The molecule has 0 saturated carbocycles. The van der Waals surface area contributed by atoms with Crippen LogP contribution in [0.25, 0.3) is 0 Å². The highest BCUT2D eigenvalue weighted by molar-refractivity contribution is 6.54. The Morgan fingerprint density at radius 3 is 0.690 bits per heavy atom. The van der Waals surface area contributed by atoms with Crippen molar-refractivity contribution in [3.63, 3.8) is 0 Å². The van der Waals surface area contributed by atoms with Gasteiger partial charge in [0.15, 0.2) is 0 Å². The summed E-state index contributed by atoms with van der Waals surface area (Å²) in [5.74, 6) is -18.1. The number of rotatable bonds is 12. The lowest BCUT2D eigenvalue weighted by molar-refractivity contribution is -0.306. The van der Waals surface area contributed by atoms with E-state index in [9.17, 15) is 52.7 Å². The van der Waals surface area contributed by atoms with Crippen molar-refractivity contribution in [2.45, 2.75) is 76.8 Å². The van der Waals surface area contributed by atoms with Crippen molar-refractivity contribution in [2.24, 2.45) is 0 Å². The fourth-order valence-electron chi connectivity index (χ4n) is 1.28. The van der Waals surface area contributed by atoms with Crippen LogP contribution in [0.3, 0.4) is 0 Å². The second kappa shape index (κ2) is 9.15. The second-order valence-electron chi connectivity index (χ2n) is 6.05. The van der Waals surface area contributed by atoms with E-state index >= 15 is 0 Å². The van der Waals surface area contributed by atoms with Gasteiger partial charge in [-0.1, -0.05) is 0 Å². The highest BCUT2D eigenvalue weighted by Crippen LogP contribution is 2.40. The van der Waals surface area contributed by atoms with Crippen LogP contribution in [-0.4, -0.2) is 58.2 Å². The van der Waals surface area contributed by atoms with Gasteiger partial charge in [0.2, 0.25) is 0 Å². The maximum Gasteiger partial charge on any atom is 0.689 e. The van der Waals surface area contributed by atoms with Gasteiger partial charge in [0.25, 0.3) is 49.1 Å². The molecular weight excluding hydrogens is 464 g/mol. The number of halogens is 12. The van der Waals surface area contributed by atoms with Crippen molar-refractivity contribution >= 4 is 9.05 Å². The molecule has 0 N–H and O–H groups in total. The minimum absolute atomic E-state index is 0.247. The molecule has 0 spiro atoms. The first-order valence-corrected chi connectivity index (χ1v) is 8.92. The first-order chi connectivity index (χ1) is 12.6. The molecule has 0 heterocycles. The Labute approximate surface area is 157 Å². The van der Waals surface area contributed by atoms with Crippen molar-refractivity contribution in [2.75, 3.05) is 0 Å². The quantitative estimate of drug-likeness (QED) is 0.281. The molecule has 176 valence electrons. The summed E-state index contributed by atoms with van der Waals surface area (Å²) in [6.07, 6.45) is -17.3. The van der Waals surface area contributed by atoms with Crippen LogP contribution >= 0.6 is 0 Å². The van der Waals surface area contributed by atoms with Gasteiger partial charge >= 0.3 is 9.05 Å². The molecule has 0 fully saturated rings. The number of hydrogen-bond donors (Lipinski definition) is 0. The Bertz CT molecular complexity index is 436. The van der Waals surface area contributed by atoms with Crippen LogP contribution in [0.2, 0.25) is 0 Å². The Kier molecular flexibility index (Phi) is 8.90. The summed E-state index contributed by atoms with van der Waals surface area (Å²) in [4.78, 5) is 0. The molecule has 4 atom stereocenters. The van der Waals surface area contributed by atoms with Crippen LogP contribution < -0.4 is 0 Å². The first kappa shape index (κ1) is 28.2. The molecule has 0 aliphatic rings. The Morgan fingerprint density at radius 2 is 0.586 bits per heavy atom. The second-order valence-corrected chi connectivity index (χ2v) is 7.87. The van der Waals surface area contributed by atoms with E-state index in [-0.39, 0.29) is 27.7 Å². The zero-order chi connectivity index (χ0) is 23.6. The molecule has 0 amide bonds. The molecule has 29 heavy (non-hydrogen) atoms. The zero-order valence-electron chi connectivity index (χ0n) is 15.0. The summed E-state index contributed by atoms with van der Waals surface area (Å²) in [5, 5.41) is 0. The van der Waals surface area contributed by atoms with Gasteiger partial charge in [0.1, 0.15) is 0 Å². The van der Waals surface area contributed by atoms with E-state index in [1.165, 1.54) is 0 Å². The van der Waals surface area contributed by atoms with E-state index in [2.05, 4.69) is 17.7 Å².